The Morgan fingerprint density at radius 3 is 1.36 bits per heavy atom. The van der Waals surface area contributed by atoms with Crippen molar-refractivity contribution in [3.8, 4) is 0 Å². The fourth-order valence-corrected chi connectivity index (χ4v) is 7.58. The van der Waals surface area contributed by atoms with Crippen molar-refractivity contribution in [3.63, 3.8) is 0 Å². The summed E-state index contributed by atoms with van der Waals surface area (Å²) < 4.78 is 34.9. The Morgan fingerprint density at radius 1 is 0.536 bits per heavy atom. The van der Waals surface area contributed by atoms with E-state index in [-0.39, 0.29) is 25.8 Å². The quantitative estimate of drug-likeness (QED) is 0.0215. The number of allylic oxidation sites excluding steroid dienone is 2. The predicted octanol–water partition coefficient (Wildman–Crippen LogP) is 14.2. The van der Waals surface area contributed by atoms with Crippen LogP contribution in [0.1, 0.15) is 226 Å². The van der Waals surface area contributed by atoms with E-state index in [1.807, 2.05) is 21.1 Å². The summed E-state index contributed by atoms with van der Waals surface area (Å²) in [5, 5.41) is 0. The highest BCUT2D eigenvalue weighted by atomic mass is 31.2. The highest BCUT2D eigenvalue weighted by molar-refractivity contribution is 7.47. The Balaban J connectivity index is 3.92. The second-order valence-corrected chi connectivity index (χ2v) is 19.0. The Labute approximate surface area is 348 Å². The zero-order valence-corrected chi connectivity index (χ0v) is 38.8. The average molecular weight is 817 g/mol. The second kappa shape index (κ2) is 41.0. The predicted molar refractivity (Wildman–Crippen MR) is 238 cm³/mol. The van der Waals surface area contributed by atoms with Gasteiger partial charge in [0.2, 0.25) is 0 Å². The van der Waals surface area contributed by atoms with E-state index in [0.29, 0.717) is 24.1 Å². The van der Waals surface area contributed by atoms with Crippen LogP contribution < -0.4 is 0 Å². The molecule has 0 aromatic carbocycles. The number of quaternary nitrogens is 1. The van der Waals surface area contributed by atoms with Crippen molar-refractivity contribution in [2.45, 2.75) is 232 Å². The average Bonchev–Trinajstić information content (AvgIpc) is 3.15. The van der Waals surface area contributed by atoms with Crippen molar-refractivity contribution in [3.05, 3.63) is 12.2 Å². The topological polar surface area (TPSA) is 91.3 Å². The summed E-state index contributed by atoms with van der Waals surface area (Å²) in [5.74, 6) is -0.315. The molecule has 0 radical (unpaired) electrons. The first-order valence-electron chi connectivity index (χ1n) is 23.9. The number of rotatable bonds is 45. The number of phosphoric ester groups is 1. The van der Waals surface area contributed by atoms with Crippen molar-refractivity contribution in [2.75, 3.05) is 54.1 Å². The van der Waals surface area contributed by atoms with Gasteiger partial charge in [-0.15, -0.1) is 0 Å². The molecule has 0 aromatic rings. The summed E-state index contributed by atoms with van der Waals surface area (Å²) in [6, 6.07) is 0. The normalized spacial score (nSPS) is 13.8. The van der Waals surface area contributed by atoms with Crippen LogP contribution in [0.25, 0.3) is 0 Å². The van der Waals surface area contributed by atoms with Crippen molar-refractivity contribution in [1.82, 2.24) is 0 Å². The van der Waals surface area contributed by atoms with Crippen LogP contribution in [-0.4, -0.2) is 75.6 Å². The first-order chi connectivity index (χ1) is 27.1. The molecule has 0 spiro atoms. The van der Waals surface area contributed by atoms with Gasteiger partial charge in [0, 0.05) is 13.0 Å². The van der Waals surface area contributed by atoms with E-state index >= 15 is 0 Å². The van der Waals surface area contributed by atoms with Crippen molar-refractivity contribution < 1.29 is 37.3 Å². The van der Waals surface area contributed by atoms with Crippen LogP contribution in [-0.2, 0) is 27.9 Å². The number of ether oxygens (including phenoxy) is 2. The van der Waals surface area contributed by atoms with E-state index in [2.05, 4.69) is 26.0 Å². The van der Waals surface area contributed by atoms with E-state index in [1.54, 1.807) is 0 Å². The van der Waals surface area contributed by atoms with E-state index in [0.717, 1.165) is 32.1 Å². The summed E-state index contributed by atoms with van der Waals surface area (Å²) in [4.78, 5) is 22.8. The van der Waals surface area contributed by atoms with Gasteiger partial charge in [-0.05, 0) is 38.5 Å². The zero-order valence-electron chi connectivity index (χ0n) is 37.9. The molecule has 2 unspecified atom stereocenters. The Hall–Kier alpha value is -0.760. The first kappa shape index (κ1) is 55.2. The maximum atomic E-state index is 12.6. The molecular formula is C47H95NO7P+. The van der Waals surface area contributed by atoms with Gasteiger partial charge in [-0.3, -0.25) is 13.8 Å². The minimum absolute atomic E-state index is 0.0920. The molecule has 0 aliphatic heterocycles. The summed E-state index contributed by atoms with van der Waals surface area (Å²) in [5.41, 5.74) is 0. The molecule has 0 aromatic heterocycles. The third kappa shape index (κ3) is 44.3. The number of hydrogen-bond donors (Lipinski definition) is 1. The lowest BCUT2D eigenvalue weighted by Gasteiger charge is -2.24. The summed E-state index contributed by atoms with van der Waals surface area (Å²) in [7, 11) is 1.68. The van der Waals surface area contributed by atoms with Crippen LogP contribution in [0.3, 0.4) is 0 Å². The van der Waals surface area contributed by atoms with Crippen LogP contribution in [0.15, 0.2) is 12.2 Å². The van der Waals surface area contributed by atoms with Crippen LogP contribution in [0.4, 0.5) is 0 Å². The van der Waals surface area contributed by atoms with E-state index in [9.17, 15) is 14.3 Å². The number of hydrogen-bond acceptors (Lipinski definition) is 6. The lowest BCUT2D eigenvalue weighted by atomic mass is 10.0. The highest BCUT2D eigenvalue weighted by Gasteiger charge is 2.26. The Bertz CT molecular complexity index is 909. The molecule has 1 N–H and O–H groups in total. The first-order valence-corrected chi connectivity index (χ1v) is 25.4. The summed E-state index contributed by atoms with van der Waals surface area (Å²) >= 11 is 0. The maximum Gasteiger partial charge on any atom is 0.472 e. The molecular weight excluding hydrogens is 721 g/mol. The highest BCUT2D eigenvalue weighted by Crippen LogP contribution is 2.43. The maximum absolute atomic E-state index is 12.6. The van der Waals surface area contributed by atoms with Crippen molar-refractivity contribution >= 4 is 13.8 Å². The van der Waals surface area contributed by atoms with Gasteiger partial charge < -0.3 is 18.9 Å². The smallest absolute Gasteiger partial charge is 0.457 e. The molecule has 2 atom stereocenters. The standard InChI is InChI=1S/C47H94NO7P/c1-6-8-10-12-14-16-17-18-19-20-21-22-23-24-25-26-27-28-29-30-31-32-33-35-37-39-42-52-44-46(45-54-56(50,51)53-43-41-48(3,4)5)55-47(49)40-38-36-34-15-13-11-9-7-2/h20-21,46H,6-19,22-45H2,1-5H3/p+1/b21-20-. The minimum atomic E-state index is -4.26. The van der Waals surface area contributed by atoms with Crippen molar-refractivity contribution in [2.24, 2.45) is 0 Å². The van der Waals surface area contributed by atoms with Gasteiger partial charge in [0.1, 0.15) is 19.3 Å². The van der Waals surface area contributed by atoms with E-state index in [4.69, 9.17) is 18.5 Å². The van der Waals surface area contributed by atoms with E-state index in [1.165, 1.54) is 173 Å². The monoisotopic (exact) mass is 817 g/mol. The molecule has 0 aliphatic carbocycles. The third-order valence-corrected chi connectivity index (χ3v) is 11.6. The van der Waals surface area contributed by atoms with Gasteiger partial charge in [0.15, 0.2) is 0 Å². The second-order valence-electron chi connectivity index (χ2n) is 17.5. The number of phosphoric acid groups is 1. The lowest BCUT2D eigenvalue weighted by Crippen LogP contribution is -2.37. The molecule has 0 fully saturated rings. The van der Waals surface area contributed by atoms with Crippen LogP contribution in [0.2, 0.25) is 0 Å². The SMILES string of the molecule is CCCCCCCCCC/C=C\CCCCCCCCCCCCCCCCOCC(COP(=O)(O)OCC[N+](C)(C)C)OC(=O)CCCCCCCCCC. The van der Waals surface area contributed by atoms with Crippen LogP contribution in [0, 0.1) is 0 Å². The fourth-order valence-electron chi connectivity index (χ4n) is 6.84. The van der Waals surface area contributed by atoms with E-state index < -0.39 is 13.9 Å². The van der Waals surface area contributed by atoms with Gasteiger partial charge in [-0.2, -0.15) is 0 Å². The summed E-state index contributed by atoms with van der Waals surface area (Å²) in [6.07, 6.45) is 45.6. The largest absolute Gasteiger partial charge is 0.472 e. The van der Waals surface area contributed by atoms with Crippen LogP contribution in [0.5, 0.6) is 0 Å². The number of nitrogens with zero attached hydrogens (tertiary/aromatic N) is 1. The number of carbonyl (C=O) groups excluding carboxylic acids is 1. The number of esters is 1. The molecule has 0 saturated carbocycles. The lowest BCUT2D eigenvalue weighted by molar-refractivity contribution is -0.870. The molecule has 0 aliphatic rings. The fraction of sp³-hybridized carbons (Fsp3) is 0.936. The molecule has 0 rings (SSSR count). The Morgan fingerprint density at radius 2 is 0.929 bits per heavy atom. The zero-order chi connectivity index (χ0) is 41.3. The van der Waals surface area contributed by atoms with Crippen molar-refractivity contribution in [1.29, 1.82) is 0 Å². The third-order valence-electron chi connectivity index (χ3n) is 10.6. The molecule has 56 heavy (non-hydrogen) atoms. The van der Waals surface area contributed by atoms with Gasteiger partial charge in [-0.25, -0.2) is 4.57 Å². The van der Waals surface area contributed by atoms with Gasteiger partial charge in [-0.1, -0.05) is 193 Å². The number of unbranched alkanes of at least 4 members (excludes halogenated alkanes) is 29. The molecule has 0 saturated heterocycles. The molecule has 8 nitrogen and oxygen atoms in total. The van der Waals surface area contributed by atoms with Gasteiger partial charge in [0.05, 0.1) is 34.4 Å². The molecule has 0 amide bonds. The number of likely N-dealkylation sites (N-methyl/N-ethyl adjacent to an activating group) is 1. The number of carbonyl (C=O) groups is 1. The van der Waals surface area contributed by atoms with Gasteiger partial charge in [0.25, 0.3) is 0 Å². The molecule has 0 bridgehead atoms. The Kier molecular flexibility index (Phi) is 40.4. The molecule has 334 valence electrons. The molecule has 0 heterocycles. The molecule has 9 heteroatoms. The van der Waals surface area contributed by atoms with Crippen LogP contribution >= 0.6 is 7.82 Å². The summed E-state index contributed by atoms with van der Waals surface area (Å²) in [6.45, 7) is 5.63. The van der Waals surface area contributed by atoms with Gasteiger partial charge >= 0.3 is 13.8 Å². The minimum Gasteiger partial charge on any atom is -0.457 e.